The number of cyclic esters (lactones) is 1. The second-order valence-electron chi connectivity index (χ2n) is 20.8. The first-order valence-electron chi connectivity index (χ1n) is 23.8. The highest BCUT2D eigenvalue weighted by Crippen LogP contribution is 2.41. The predicted octanol–water partition coefficient (Wildman–Crippen LogP) is 3.01. The first-order chi connectivity index (χ1) is 30.1. The number of ether oxygens (including phenoxy) is 7. The van der Waals surface area contributed by atoms with E-state index in [9.17, 15) is 34.8 Å². The molecule has 17 nitrogen and oxygen atoms in total. The third-order valence-corrected chi connectivity index (χ3v) is 15.5. The van der Waals surface area contributed by atoms with Gasteiger partial charge in [0.2, 0.25) is 5.91 Å². The molecule has 0 aromatic heterocycles. The van der Waals surface area contributed by atoms with Crippen molar-refractivity contribution in [1.29, 1.82) is 0 Å². The summed E-state index contributed by atoms with van der Waals surface area (Å²) in [6, 6.07) is -1.79. The number of hydrogen-bond acceptors (Lipinski definition) is 17. The third kappa shape index (κ3) is 12.8. The molecule has 4 heterocycles. The molecular formula is C47H85N3O14S. The van der Waals surface area contributed by atoms with Gasteiger partial charge in [0.25, 0.3) is 0 Å². The van der Waals surface area contributed by atoms with Crippen LogP contribution in [0.25, 0.3) is 0 Å². The van der Waals surface area contributed by atoms with Gasteiger partial charge in [-0.05, 0) is 108 Å². The molecule has 378 valence electrons. The molecule has 4 fully saturated rings. The van der Waals surface area contributed by atoms with E-state index in [1.54, 1.807) is 60.3 Å². The highest BCUT2D eigenvalue weighted by Gasteiger charge is 2.54. The van der Waals surface area contributed by atoms with E-state index < -0.39 is 114 Å². The molecule has 0 radical (unpaired) electrons. The van der Waals surface area contributed by atoms with Gasteiger partial charge in [0, 0.05) is 50.3 Å². The normalized spacial score (nSPS) is 44.8. The van der Waals surface area contributed by atoms with Crippen molar-refractivity contribution in [2.45, 2.75) is 211 Å². The summed E-state index contributed by atoms with van der Waals surface area (Å²) in [7, 11) is 7.09. The van der Waals surface area contributed by atoms with Gasteiger partial charge in [-0.1, -0.05) is 27.7 Å². The molecule has 20 atom stereocenters. The van der Waals surface area contributed by atoms with E-state index in [-0.39, 0.29) is 43.1 Å². The molecule has 0 unspecified atom stereocenters. The molecule has 0 spiro atoms. The summed E-state index contributed by atoms with van der Waals surface area (Å²) in [5.74, 6) is -3.69. The Morgan fingerprint density at radius 1 is 0.985 bits per heavy atom. The zero-order valence-corrected chi connectivity index (χ0v) is 42.7. The SMILES string of the molecule is CC[C@H]1OC(=O)[C@H](C)[C@@H](O[C@H]2C[C@@](C)(OC)[C@@H](O)[C@H](C)O2)[C@H](C)[C@@H](O[C@@H]2O[C@H](C)C[C@H](N(C)C)[C@H]2OC(=O)[C@@H]2CCCN2C(=O)[C@@H](C)CS)[C@](C)(O)C[C@@H](C)CN(C)[C@H](C)[C@@H](O)[C@]1(C)O. The van der Waals surface area contributed by atoms with Crippen LogP contribution in [0.1, 0.15) is 115 Å². The fraction of sp³-hybridized carbons (Fsp3) is 0.936. The number of carbonyl (C=O) groups is 3. The van der Waals surface area contributed by atoms with Crippen molar-refractivity contribution in [2.24, 2.45) is 23.7 Å². The highest BCUT2D eigenvalue weighted by atomic mass is 32.1. The van der Waals surface area contributed by atoms with Crippen molar-refractivity contribution >= 4 is 30.5 Å². The zero-order valence-electron chi connectivity index (χ0n) is 41.8. The van der Waals surface area contributed by atoms with E-state index in [0.29, 0.717) is 38.1 Å². The fourth-order valence-corrected chi connectivity index (χ4v) is 10.9. The van der Waals surface area contributed by atoms with E-state index in [4.69, 9.17) is 33.2 Å². The second-order valence-corrected chi connectivity index (χ2v) is 21.2. The van der Waals surface area contributed by atoms with Crippen LogP contribution in [-0.4, -0.2) is 196 Å². The number of likely N-dealkylation sites (tertiary alicyclic amines) is 1. The van der Waals surface area contributed by atoms with Crippen LogP contribution in [0, 0.1) is 23.7 Å². The Labute approximate surface area is 393 Å². The number of aliphatic hydroxyl groups excluding tert-OH is 2. The number of thiol groups is 1. The number of methoxy groups -OCH3 is 1. The van der Waals surface area contributed by atoms with Gasteiger partial charge in [-0.3, -0.25) is 9.59 Å². The molecule has 1 amide bonds. The quantitative estimate of drug-likeness (QED) is 0.149. The van der Waals surface area contributed by atoms with Crippen molar-refractivity contribution in [3.63, 3.8) is 0 Å². The van der Waals surface area contributed by atoms with Crippen molar-refractivity contribution in [1.82, 2.24) is 14.7 Å². The summed E-state index contributed by atoms with van der Waals surface area (Å²) in [5, 5.41) is 47.6. The molecule has 0 bridgehead atoms. The van der Waals surface area contributed by atoms with Gasteiger partial charge in [-0.2, -0.15) is 12.6 Å². The fourth-order valence-electron chi connectivity index (χ4n) is 10.7. The molecule has 4 saturated heterocycles. The lowest BCUT2D eigenvalue weighted by molar-refractivity contribution is -0.319. The van der Waals surface area contributed by atoms with Gasteiger partial charge in [0.15, 0.2) is 18.7 Å². The van der Waals surface area contributed by atoms with Gasteiger partial charge in [-0.15, -0.1) is 0 Å². The maximum Gasteiger partial charge on any atom is 0.329 e. The van der Waals surface area contributed by atoms with Crippen LogP contribution in [0.5, 0.6) is 0 Å². The van der Waals surface area contributed by atoms with Crippen LogP contribution in [0.4, 0.5) is 0 Å². The number of nitrogens with zero attached hydrogens (tertiary/aromatic N) is 3. The molecule has 4 aliphatic rings. The van der Waals surface area contributed by atoms with Crippen LogP contribution in [-0.2, 0) is 47.5 Å². The maximum absolute atomic E-state index is 14.5. The molecule has 0 aromatic rings. The minimum atomic E-state index is -1.85. The molecule has 4 rings (SSSR count). The molecule has 4 aliphatic heterocycles. The molecule has 4 N–H and O–H groups in total. The van der Waals surface area contributed by atoms with E-state index in [2.05, 4.69) is 12.6 Å². The second kappa shape index (κ2) is 22.8. The van der Waals surface area contributed by atoms with Gasteiger partial charge in [0.05, 0.1) is 47.6 Å². The minimum Gasteiger partial charge on any atom is -0.459 e. The summed E-state index contributed by atoms with van der Waals surface area (Å²) in [4.78, 5) is 47.6. The van der Waals surface area contributed by atoms with Crippen molar-refractivity contribution in [2.75, 3.05) is 47.1 Å². The Kier molecular flexibility index (Phi) is 19.6. The maximum atomic E-state index is 14.5. The summed E-state index contributed by atoms with van der Waals surface area (Å²) in [5.41, 5.74) is -4.60. The number of amides is 1. The Morgan fingerprint density at radius 3 is 2.22 bits per heavy atom. The average molecular weight is 948 g/mol. The standard InChI is InChI=1S/C47H85N3O14S/c1-16-34-47(11,57)38(51)30(7)49(14)23-25(2)21-45(9,56)40(28(5)36(29(6)42(54)61-34)62-35-22-46(10,58-15)39(52)31(8)60-35)64-44-37(33(48(12)13)20-27(4)59-44)63-43(55)32-18-17-19-50(32)41(53)26(3)24-65/h25-40,44,51-52,56-57,65H,16-24H2,1-15H3/t25-,26+,27-,28+,29-,30-,31+,32+,33+,34-,35+,36+,37-,38-,39+,40-,44+,45-,46-,47-/m1/s1. The van der Waals surface area contributed by atoms with Crippen LogP contribution < -0.4 is 0 Å². The monoisotopic (exact) mass is 948 g/mol. The van der Waals surface area contributed by atoms with E-state index >= 15 is 0 Å². The number of carbonyl (C=O) groups excluding carboxylic acids is 3. The van der Waals surface area contributed by atoms with Gasteiger partial charge < -0.3 is 68.3 Å². The van der Waals surface area contributed by atoms with E-state index in [1.165, 1.54) is 14.0 Å². The van der Waals surface area contributed by atoms with E-state index in [0.717, 1.165) is 0 Å². The molecule has 65 heavy (non-hydrogen) atoms. The van der Waals surface area contributed by atoms with Crippen LogP contribution in [0.3, 0.4) is 0 Å². The van der Waals surface area contributed by atoms with Crippen molar-refractivity contribution in [3.8, 4) is 0 Å². The predicted molar refractivity (Wildman–Crippen MR) is 246 cm³/mol. The van der Waals surface area contributed by atoms with Gasteiger partial charge in [-0.25, -0.2) is 4.79 Å². The summed E-state index contributed by atoms with van der Waals surface area (Å²) < 4.78 is 45.1. The number of hydrogen-bond donors (Lipinski definition) is 5. The van der Waals surface area contributed by atoms with Gasteiger partial charge >= 0.3 is 11.9 Å². The van der Waals surface area contributed by atoms with Crippen LogP contribution >= 0.6 is 12.6 Å². The van der Waals surface area contributed by atoms with E-state index in [1.807, 2.05) is 44.8 Å². The summed E-state index contributed by atoms with van der Waals surface area (Å²) >= 11 is 4.33. The van der Waals surface area contributed by atoms with Crippen LogP contribution in [0.2, 0.25) is 0 Å². The molecule has 18 heteroatoms. The lowest BCUT2D eigenvalue weighted by atomic mass is 9.77. The average Bonchev–Trinajstić information content (AvgIpc) is 3.74. The third-order valence-electron chi connectivity index (χ3n) is 14.9. The molecule has 0 aliphatic carbocycles. The van der Waals surface area contributed by atoms with Crippen LogP contribution in [0.15, 0.2) is 0 Å². The number of esters is 2. The highest BCUT2D eigenvalue weighted by molar-refractivity contribution is 7.80. The Hall–Kier alpha value is -1.68. The lowest BCUT2D eigenvalue weighted by Crippen LogP contribution is -2.61. The molecule has 0 aromatic carbocycles. The Bertz CT molecular complexity index is 1580. The topological polar surface area (TPSA) is 206 Å². The largest absolute Gasteiger partial charge is 0.459 e. The Morgan fingerprint density at radius 2 is 1.63 bits per heavy atom. The minimum absolute atomic E-state index is 0.0842. The smallest absolute Gasteiger partial charge is 0.329 e. The first-order valence-corrected chi connectivity index (χ1v) is 24.5. The summed E-state index contributed by atoms with van der Waals surface area (Å²) in [6.45, 7) is 20.1. The Balaban J connectivity index is 1.86. The molecule has 0 saturated carbocycles. The van der Waals surface area contributed by atoms with Crippen molar-refractivity contribution in [3.05, 3.63) is 0 Å². The van der Waals surface area contributed by atoms with Gasteiger partial charge in [0.1, 0.15) is 30.0 Å². The number of likely N-dealkylation sites (N-methyl/N-ethyl adjacent to an activating group) is 2. The summed E-state index contributed by atoms with van der Waals surface area (Å²) in [6.07, 6.45) is -8.08. The molecular weight excluding hydrogens is 863 g/mol. The number of rotatable bonds is 11. The zero-order chi connectivity index (χ0) is 49.1. The van der Waals surface area contributed by atoms with Crippen molar-refractivity contribution < 1.29 is 68.0 Å². The lowest BCUT2D eigenvalue weighted by Gasteiger charge is -2.49. The number of aliphatic hydroxyl groups is 4. The first kappa shape index (κ1) is 55.9.